The van der Waals surface area contributed by atoms with E-state index in [-0.39, 0.29) is 0 Å². The summed E-state index contributed by atoms with van der Waals surface area (Å²) < 4.78 is 0. The van der Waals surface area contributed by atoms with E-state index in [4.69, 9.17) is 10.2 Å². The van der Waals surface area contributed by atoms with E-state index in [0.717, 1.165) is 14.2 Å². The van der Waals surface area contributed by atoms with Crippen molar-refractivity contribution in [3.05, 3.63) is 0 Å². The summed E-state index contributed by atoms with van der Waals surface area (Å²) in [4.78, 5) is 0. The predicted molar refractivity (Wildman–Crippen MR) is 46.4 cm³/mol. The molecule has 3 aliphatic carbocycles. The maximum Gasteiger partial charge on any atom is 0.0319 e. The number of aliphatic hydroxyl groups excluding tert-OH is 2. The first kappa shape index (κ1) is 10.9. The lowest BCUT2D eigenvalue weighted by molar-refractivity contribution is 0.116. The molecule has 2 nitrogen and oxygen atoms in total. The van der Waals surface area contributed by atoms with Gasteiger partial charge in [0.15, 0.2) is 0 Å². The minimum atomic E-state index is 1.00. The second-order valence-electron chi connectivity index (χ2n) is 3.13. The van der Waals surface area contributed by atoms with Gasteiger partial charge in [-0.2, -0.15) is 0 Å². The Kier molecular flexibility index (Phi) is 6.57. The summed E-state index contributed by atoms with van der Waals surface area (Å²) in [7, 11) is 2.00. The molecular weight excluding hydrogens is 140 g/mol. The van der Waals surface area contributed by atoms with Crippen LogP contribution in [0.4, 0.5) is 0 Å². The smallest absolute Gasteiger partial charge is 0.0319 e. The van der Waals surface area contributed by atoms with E-state index in [9.17, 15) is 0 Å². The Morgan fingerprint density at radius 1 is 0.818 bits per heavy atom. The zero-order valence-corrected chi connectivity index (χ0v) is 7.58. The third kappa shape index (κ3) is 3.21. The Morgan fingerprint density at radius 2 is 1.18 bits per heavy atom. The van der Waals surface area contributed by atoms with Gasteiger partial charge in [0.2, 0.25) is 0 Å². The lowest BCUT2D eigenvalue weighted by Crippen LogP contribution is -2.28. The van der Waals surface area contributed by atoms with Crippen LogP contribution in [0.1, 0.15) is 32.1 Å². The Labute approximate surface area is 69.2 Å². The summed E-state index contributed by atoms with van der Waals surface area (Å²) in [5, 5.41) is 14.0. The molecule has 0 aromatic heterocycles. The van der Waals surface area contributed by atoms with Crippen molar-refractivity contribution in [1.29, 1.82) is 0 Å². The van der Waals surface area contributed by atoms with Crippen molar-refractivity contribution in [2.45, 2.75) is 32.1 Å². The third-order valence-corrected chi connectivity index (χ3v) is 2.56. The van der Waals surface area contributed by atoms with Gasteiger partial charge >= 0.3 is 0 Å². The van der Waals surface area contributed by atoms with Gasteiger partial charge in [-0.25, -0.2) is 0 Å². The Balaban J connectivity index is 0.000000222. The van der Waals surface area contributed by atoms with E-state index in [0.29, 0.717) is 0 Å². The van der Waals surface area contributed by atoms with Gasteiger partial charge in [-0.15, -0.1) is 0 Å². The van der Waals surface area contributed by atoms with Crippen molar-refractivity contribution >= 4 is 0 Å². The number of hydrogen-bond donors (Lipinski definition) is 2. The van der Waals surface area contributed by atoms with Crippen LogP contribution in [0.25, 0.3) is 0 Å². The summed E-state index contributed by atoms with van der Waals surface area (Å²) in [5.41, 5.74) is 0. The fraction of sp³-hybridized carbons (Fsp3) is 1.00. The second kappa shape index (κ2) is 6.62. The zero-order chi connectivity index (χ0) is 8.69. The quantitative estimate of drug-likeness (QED) is 0.562. The fourth-order valence-corrected chi connectivity index (χ4v) is 2.04. The minimum Gasteiger partial charge on any atom is -0.400 e. The van der Waals surface area contributed by atoms with Gasteiger partial charge in [0.05, 0.1) is 0 Å². The van der Waals surface area contributed by atoms with Crippen molar-refractivity contribution in [3.63, 3.8) is 0 Å². The Morgan fingerprint density at radius 3 is 1.27 bits per heavy atom. The summed E-state index contributed by atoms with van der Waals surface area (Å²) in [6.45, 7) is 0. The molecule has 0 aromatic carbocycles. The molecule has 68 valence electrons. The third-order valence-electron chi connectivity index (χ3n) is 2.56. The molecule has 3 fully saturated rings. The topological polar surface area (TPSA) is 40.5 Å². The van der Waals surface area contributed by atoms with Crippen LogP contribution in [0.2, 0.25) is 0 Å². The lowest BCUT2D eigenvalue weighted by Gasteiger charge is -2.40. The van der Waals surface area contributed by atoms with Gasteiger partial charge in [0.25, 0.3) is 0 Å². The molecule has 11 heavy (non-hydrogen) atoms. The van der Waals surface area contributed by atoms with Crippen molar-refractivity contribution in [1.82, 2.24) is 0 Å². The fourth-order valence-electron chi connectivity index (χ4n) is 2.04. The van der Waals surface area contributed by atoms with Gasteiger partial charge < -0.3 is 10.2 Å². The van der Waals surface area contributed by atoms with E-state index in [2.05, 4.69) is 0 Å². The molecule has 2 bridgehead atoms. The lowest BCUT2D eigenvalue weighted by atomic mass is 9.65. The van der Waals surface area contributed by atoms with Gasteiger partial charge in [-0.05, 0) is 24.7 Å². The maximum atomic E-state index is 7.00. The molecule has 3 aliphatic rings. The molecule has 0 amide bonds. The van der Waals surface area contributed by atoms with E-state index >= 15 is 0 Å². The molecule has 0 aromatic rings. The summed E-state index contributed by atoms with van der Waals surface area (Å²) >= 11 is 0. The Bertz CT molecular complexity index is 64.1. The highest BCUT2D eigenvalue weighted by atomic mass is 16.2. The molecular formula is C9H20O2. The number of fused-ring (bicyclic) bond motifs is 2. The van der Waals surface area contributed by atoms with E-state index < -0.39 is 0 Å². The molecule has 0 aliphatic heterocycles. The van der Waals surface area contributed by atoms with Gasteiger partial charge in [0.1, 0.15) is 0 Å². The van der Waals surface area contributed by atoms with Gasteiger partial charge in [-0.3, -0.25) is 0 Å². The highest BCUT2D eigenvalue weighted by Gasteiger charge is 2.32. The monoisotopic (exact) mass is 160 g/mol. The predicted octanol–water partition coefficient (Wildman–Crippen LogP) is 1.41. The maximum absolute atomic E-state index is 7.00. The van der Waals surface area contributed by atoms with E-state index in [1.54, 1.807) is 25.7 Å². The van der Waals surface area contributed by atoms with E-state index in [1.807, 2.05) is 0 Å². The highest BCUT2D eigenvalue weighted by Crippen LogP contribution is 2.45. The highest BCUT2D eigenvalue weighted by molar-refractivity contribution is 4.83. The van der Waals surface area contributed by atoms with Crippen molar-refractivity contribution in [3.8, 4) is 0 Å². The number of rotatable bonds is 0. The SMILES string of the molecule is C1CC2CC(C1)C2.CO.CO. The molecule has 0 radical (unpaired) electrons. The largest absolute Gasteiger partial charge is 0.400 e. The van der Waals surface area contributed by atoms with Crippen LogP contribution >= 0.6 is 0 Å². The minimum absolute atomic E-state index is 1.00. The van der Waals surface area contributed by atoms with Crippen LogP contribution in [-0.2, 0) is 0 Å². The molecule has 3 rings (SSSR count). The second-order valence-corrected chi connectivity index (χ2v) is 3.13. The molecule has 0 saturated heterocycles. The average Bonchev–Trinajstić information content (AvgIpc) is 2.12. The Hall–Kier alpha value is -0.0800. The standard InChI is InChI=1S/C7H12.2CH4O/c1-2-6-4-7(3-1)5-6;2*1-2/h6-7H,1-5H2;2*2H,1H3. The van der Waals surface area contributed by atoms with Crippen LogP contribution in [-0.4, -0.2) is 24.4 Å². The molecule has 2 heteroatoms. The van der Waals surface area contributed by atoms with Crippen LogP contribution in [0.15, 0.2) is 0 Å². The van der Waals surface area contributed by atoms with Gasteiger partial charge in [0, 0.05) is 14.2 Å². The van der Waals surface area contributed by atoms with Gasteiger partial charge in [-0.1, -0.05) is 19.3 Å². The number of aliphatic hydroxyl groups is 2. The average molecular weight is 160 g/mol. The molecule has 0 spiro atoms. The first-order chi connectivity index (χ1) is 5.45. The summed E-state index contributed by atoms with van der Waals surface area (Å²) in [5.74, 6) is 2.36. The first-order valence-corrected chi connectivity index (χ1v) is 4.34. The van der Waals surface area contributed by atoms with Crippen LogP contribution < -0.4 is 0 Å². The summed E-state index contributed by atoms with van der Waals surface area (Å²) in [6, 6.07) is 0. The molecule has 0 atom stereocenters. The first-order valence-electron chi connectivity index (χ1n) is 4.34. The molecule has 3 saturated carbocycles. The number of hydrogen-bond acceptors (Lipinski definition) is 2. The van der Waals surface area contributed by atoms with Crippen LogP contribution in [0.3, 0.4) is 0 Å². The van der Waals surface area contributed by atoms with Crippen molar-refractivity contribution < 1.29 is 10.2 Å². The normalized spacial score (nSPS) is 31.6. The summed E-state index contributed by atoms with van der Waals surface area (Å²) in [6.07, 6.45) is 7.81. The molecule has 2 N–H and O–H groups in total. The van der Waals surface area contributed by atoms with Crippen molar-refractivity contribution in [2.75, 3.05) is 14.2 Å². The van der Waals surface area contributed by atoms with Crippen LogP contribution in [0, 0.1) is 11.8 Å². The van der Waals surface area contributed by atoms with Crippen molar-refractivity contribution in [2.24, 2.45) is 11.8 Å². The van der Waals surface area contributed by atoms with E-state index in [1.165, 1.54) is 18.3 Å². The molecule has 0 heterocycles. The molecule has 0 unspecified atom stereocenters. The van der Waals surface area contributed by atoms with Crippen LogP contribution in [0.5, 0.6) is 0 Å². The zero-order valence-electron chi connectivity index (χ0n) is 7.58.